The van der Waals surface area contributed by atoms with E-state index >= 15 is 0 Å². The Bertz CT molecular complexity index is 738. The molecule has 2 amide bonds. The number of rotatable bonds is 6. The Balaban J connectivity index is 1.56. The first-order chi connectivity index (χ1) is 13.0. The molecule has 7 nitrogen and oxygen atoms in total. The average molecular weight is 371 g/mol. The van der Waals surface area contributed by atoms with Crippen molar-refractivity contribution in [3.63, 3.8) is 0 Å². The highest BCUT2D eigenvalue weighted by atomic mass is 16.5. The normalized spacial score (nSPS) is 15.5. The molecular formula is C20H29N5O2. The molecule has 7 heteroatoms. The van der Waals surface area contributed by atoms with Gasteiger partial charge in [-0.1, -0.05) is 30.3 Å². The quantitative estimate of drug-likeness (QED) is 0.817. The van der Waals surface area contributed by atoms with Crippen LogP contribution in [0.5, 0.6) is 0 Å². The van der Waals surface area contributed by atoms with Gasteiger partial charge in [0, 0.05) is 37.8 Å². The lowest BCUT2D eigenvalue weighted by atomic mass is 10.0. The molecule has 0 aliphatic carbocycles. The molecule has 0 atom stereocenters. The Morgan fingerprint density at radius 2 is 2.00 bits per heavy atom. The predicted octanol–water partition coefficient (Wildman–Crippen LogP) is 2.33. The summed E-state index contributed by atoms with van der Waals surface area (Å²) >= 11 is 0. The van der Waals surface area contributed by atoms with E-state index < -0.39 is 0 Å². The molecule has 1 aliphatic heterocycles. The molecule has 2 aromatic rings. The number of aromatic nitrogens is 2. The first-order valence-corrected chi connectivity index (χ1v) is 9.37. The number of benzene rings is 1. The van der Waals surface area contributed by atoms with Crippen molar-refractivity contribution >= 4 is 6.03 Å². The molecule has 0 radical (unpaired) electrons. The molecule has 0 spiro atoms. The van der Waals surface area contributed by atoms with Crippen molar-refractivity contribution < 1.29 is 9.53 Å². The number of urea groups is 1. The van der Waals surface area contributed by atoms with Crippen LogP contribution in [0.4, 0.5) is 4.79 Å². The van der Waals surface area contributed by atoms with Gasteiger partial charge in [0.2, 0.25) is 0 Å². The van der Waals surface area contributed by atoms with E-state index in [1.165, 1.54) is 0 Å². The standard InChI is InChI=1S/C20H29N5O2/c1-20(2,25-9-11-27-12-10-25)15-21-19(26)24(3)14-17-13-22-23-18(17)16-7-5-4-6-8-16/h4-8,13H,9-12,14-15H2,1-3H3,(H,21,26)(H,22,23). The van der Waals surface area contributed by atoms with E-state index in [1.807, 2.05) is 30.3 Å². The Labute approximate surface area is 160 Å². The molecule has 1 saturated heterocycles. The van der Waals surface area contributed by atoms with Crippen molar-refractivity contribution in [3.8, 4) is 11.3 Å². The van der Waals surface area contributed by atoms with E-state index in [9.17, 15) is 4.79 Å². The molecule has 0 bridgehead atoms. The fourth-order valence-corrected chi connectivity index (χ4v) is 3.32. The number of aromatic amines is 1. The van der Waals surface area contributed by atoms with Crippen molar-refractivity contribution in [3.05, 3.63) is 42.1 Å². The number of nitrogens with one attached hydrogen (secondary N) is 2. The number of carbonyl (C=O) groups is 1. The topological polar surface area (TPSA) is 73.5 Å². The first-order valence-electron chi connectivity index (χ1n) is 9.37. The lowest BCUT2D eigenvalue weighted by Gasteiger charge is -2.41. The maximum atomic E-state index is 12.6. The van der Waals surface area contributed by atoms with Gasteiger partial charge in [-0.3, -0.25) is 10.00 Å². The van der Waals surface area contributed by atoms with Crippen LogP contribution >= 0.6 is 0 Å². The zero-order chi connectivity index (χ0) is 19.3. The maximum Gasteiger partial charge on any atom is 0.317 e. The summed E-state index contributed by atoms with van der Waals surface area (Å²) in [6.45, 7) is 8.68. The van der Waals surface area contributed by atoms with E-state index in [0.717, 1.165) is 43.1 Å². The highest BCUT2D eigenvalue weighted by Crippen LogP contribution is 2.21. The van der Waals surface area contributed by atoms with Gasteiger partial charge in [0.05, 0.1) is 31.6 Å². The van der Waals surface area contributed by atoms with Gasteiger partial charge in [0.25, 0.3) is 0 Å². The van der Waals surface area contributed by atoms with Crippen LogP contribution in [0.1, 0.15) is 19.4 Å². The number of ether oxygens (including phenoxy) is 1. The zero-order valence-electron chi connectivity index (χ0n) is 16.4. The van der Waals surface area contributed by atoms with Crippen molar-refractivity contribution in [2.24, 2.45) is 0 Å². The number of nitrogens with zero attached hydrogens (tertiary/aromatic N) is 3. The summed E-state index contributed by atoms with van der Waals surface area (Å²) in [5.41, 5.74) is 2.90. The Kier molecular flexibility index (Phi) is 6.13. The van der Waals surface area contributed by atoms with E-state index in [2.05, 4.69) is 34.3 Å². The second-order valence-electron chi connectivity index (χ2n) is 7.56. The Morgan fingerprint density at radius 1 is 1.30 bits per heavy atom. The minimum atomic E-state index is -0.106. The minimum Gasteiger partial charge on any atom is -0.379 e. The third-order valence-corrected chi connectivity index (χ3v) is 5.07. The molecule has 1 aliphatic rings. The molecule has 1 aromatic carbocycles. The maximum absolute atomic E-state index is 12.6. The van der Waals surface area contributed by atoms with Crippen LogP contribution < -0.4 is 5.32 Å². The number of H-pyrrole nitrogens is 1. The largest absolute Gasteiger partial charge is 0.379 e. The van der Waals surface area contributed by atoms with Crippen LogP contribution in [0, 0.1) is 0 Å². The molecule has 27 heavy (non-hydrogen) atoms. The zero-order valence-corrected chi connectivity index (χ0v) is 16.4. The Hall–Kier alpha value is -2.38. The molecule has 2 N–H and O–H groups in total. The predicted molar refractivity (Wildman–Crippen MR) is 105 cm³/mol. The number of morpholine rings is 1. The fraction of sp³-hybridized carbons (Fsp3) is 0.500. The second kappa shape index (κ2) is 8.54. The highest BCUT2D eigenvalue weighted by molar-refractivity contribution is 5.74. The van der Waals surface area contributed by atoms with E-state index in [0.29, 0.717) is 13.1 Å². The summed E-state index contributed by atoms with van der Waals surface area (Å²) in [5, 5.41) is 10.3. The second-order valence-corrected chi connectivity index (χ2v) is 7.56. The van der Waals surface area contributed by atoms with Gasteiger partial charge >= 0.3 is 6.03 Å². The van der Waals surface area contributed by atoms with Crippen molar-refractivity contribution in [2.45, 2.75) is 25.9 Å². The SMILES string of the molecule is CN(Cc1cn[nH]c1-c1ccccc1)C(=O)NCC(C)(C)N1CCOCC1. The Morgan fingerprint density at radius 3 is 2.70 bits per heavy atom. The summed E-state index contributed by atoms with van der Waals surface area (Å²) in [6, 6.07) is 9.93. The minimum absolute atomic E-state index is 0.0865. The highest BCUT2D eigenvalue weighted by Gasteiger charge is 2.29. The van der Waals surface area contributed by atoms with Crippen molar-refractivity contribution in [1.29, 1.82) is 0 Å². The molecule has 0 saturated carbocycles. The third-order valence-electron chi connectivity index (χ3n) is 5.07. The summed E-state index contributed by atoms with van der Waals surface area (Å²) in [5.74, 6) is 0. The lowest BCUT2D eigenvalue weighted by Crippen LogP contribution is -2.56. The fourth-order valence-electron chi connectivity index (χ4n) is 3.32. The number of hydrogen-bond donors (Lipinski definition) is 2. The van der Waals surface area contributed by atoms with Crippen LogP contribution in [0.2, 0.25) is 0 Å². The van der Waals surface area contributed by atoms with Gasteiger partial charge < -0.3 is 15.0 Å². The first kappa shape index (κ1) is 19.4. The van der Waals surface area contributed by atoms with E-state index in [4.69, 9.17) is 4.74 Å². The molecular weight excluding hydrogens is 342 g/mol. The number of hydrogen-bond acceptors (Lipinski definition) is 4. The van der Waals surface area contributed by atoms with Crippen molar-refractivity contribution in [2.75, 3.05) is 39.9 Å². The van der Waals surface area contributed by atoms with E-state index in [1.54, 1.807) is 18.1 Å². The van der Waals surface area contributed by atoms with Crippen LogP contribution in [0.25, 0.3) is 11.3 Å². The molecule has 0 unspecified atom stereocenters. The lowest BCUT2D eigenvalue weighted by molar-refractivity contribution is -0.00900. The smallest absolute Gasteiger partial charge is 0.317 e. The molecule has 146 valence electrons. The molecule has 1 fully saturated rings. The monoisotopic (exact) mass is 371 g/mol. The molecule has 2 heterocycles. The summed E-state index contributed by atoms with van der Waals surface area (Å²) in [6.07, 6.45) is 1.78. The van der Waals surface area contributed by atoms with Gasteiger partial charge in [0.1, 0.15) is 0 Å². The summed E-state index contributed by atoms with van der Waals surface area (Å²) in [7, 11) is 1.80. The van der Waals surface area contributed by atoms with Crippen LogP contribution in [0.3, 0.4) is 0 Å². The van der Waals surface area contributed by atoms with Crippen LogP contribution in [-0.4, -0.2) is 71.5 Å². The van der Waals surface area contributed by atoms with Gasteiger partial charge in [-0.15, -0.1) is 0 Å². The average Bonchev–Trinajstić information content (AvgIpc) is 3.15. The molecule has 3 rings (SSSR count). The summed E-state index contributed by atoms with van der Waals surface area (Å²) < 4.78 is 5.42. The van der Waals surface area contributed by atoms with Crippen LogP contribution in [-0.2, 0) is 11.3 Å². The number of carbonyl (C=O) groups excluding carboxylic acids is 1. The third kappa shape index (κ3) is 4.87. The van der Waals surface area contributed by atoms with E-state index in [-0.39, 0.29) is 11.6 Å². The molecule has 1 aromatic heterocycles. The van der Waals surface area contributed by atoms with Crippen LogP contribution in [0.15, 0.2) is 36.5 Å². The van der Waals surface area contributed by atoms with Crippen molar-refractivity contribution in [1.82, 2.24) is 25.3 Å². The number of amides is 2. The van der Waals surface area contributed by atoms with Gasteiger partial charge in [-0.25, -0.2) is 4.79 Å². The summed E-state index contributed by atoms with van der Waals surface area (Å²) in [4.78, 5) is 16.6. The van der Waals surface area contributed by atoms with Gasteiger partial charge in [-0.2, -0.15) is 5.10 Å². The van der Waals surface area contributed by atoms with Gasteiger partial charge in [-0.05, 0) is 19.4 Å². The van der Waals surface area contributed by atoms with Gasteiger partial charge in [0.15, 0.2) is 0 Å².